The number of hydrogen-bond acceptors (Lipinski definition) is 0. The van der Waals surface area contributed by atoms with Gasteiger partial charge in [-0.2, -0.15) is 0 Å². The van der Waals surface area contributed by atoms with Crippen LogP contribution in [0.4, 0.5) is 0 Å². The van der Waals surface area contributed by atoms with Crippen LogP contribution < -0.4 is 0 Å². The molecule has 0 radical (unpaired) electrons. The van der Waals surface area contributed by atoms with Gasteiger partial charge in [0, 0.05) is 0 Å². The lowest BCUT2D eigenvalue weighted by Crippen LogP contribution is -2.13. The monoisotopic (exact) mass is 150 g/mol. The summed E-state index contributed by atoms with van der Waals surface area (Å²) in [5, 5.41) is 0. The van der Waals surface area contributed by atoms with Gasteiger partial charge in [-0.15, -0.1) is 0 Å². The van der Waals surface area contributed by atoms with Gasteiger partial charge in [-0.05, 0) is 37.5 Å². The predicted molar refractivity (Wildman–Crippen MR) is 48.4 cm³/mol. The van der Waals surface area contributed by atoms with Gasteiger partial charge in [0.1, 0.15) is 0 Å². The molecule has 0 nitrogen and oxygen atoms in total. The summed E-state index contributed by atoms with van der Waals surface area (Å²) < 4.78 is 0. The van der Waals surface area contributed by atoms with Crippen LogP contribution >= 0.6 is 0 Å². The van der Waals surface area contributed by atoms with E-state index in [1.54, 1.807) is 0 Å². The SMILES string of the molecule is C1=C[C@H]2CCCCC[C@H]2CC1. The fourth-order valence-corrected chi connectivity index (χ4v) is 2.61. The van der Waals surface area contributed by atoms with Gasteiger partial charge in [-0.3, -0.25) is 0 Å². The second-order valence-corrected chi connectivity index (χ2v) is 4.07. The molecule has 2 rings (SSSR count). The Morgan fingerprint density at radius 1 is 0.909 bits per heavy atom. The van der Waals surface area contributed by atoms with Crippen LogP contribution in [0.2, 0.25) is 0 Å². The van der Waals surface area contributed by atoms with Crippen molar-refractivity contribution in [1.82, 2.24) is 0 Å². The molecule has 2 aliphatic carbocycles. The van der Waals surface area contributed by atoms with Crippen molar-refractivity contribution in [3.63, 3.8) is 0 Å². The highest BCUT2D eigenvalue weighted by Crippen LogP contribution is 2.35. The van der Waals surface area contributed by atoms with Gasteiger partial charge < -0.3 is 0 Å². The van der Waals surface area contributed by atoms with E-state index in [9.17, 15) is 0 Å². The Morgan fingerprint density at radius 3 is 2.82 bits per heavy atom. The molecule has 0 heteroatoms. The Balaban J connectivity index is 2.02. The first-order valence-corrected chi connectivity index (χ1v) is 5.13. The van der Waals surface area contributed by atoms with Gasteiger partial charge in [-0.25, -0.2) is 0 Å². The predicted octanol–water partition coefficient (Wildman–Crippen LogP) is 3.53. The highest BCUT2D eigenvalue weighted by atomic mass is 14.3. The highest BCUT2D eigenvalue weighted by molar-refractivity contribution is 4.97. The molecule has 0 heterocycles. The average Bonchev–Trinajstić information content (AvgIpc) is 2.28. The Labute approximate surface area is 69.7 Å². The quantitative estimate of drug-likeness (QED) is 0.463. The number of allylic oxidation sites excluding steroid dienone is 2. The van der Waals surface area contributed by atoms with Crippen molar-refractivity contribution >= 4 is 0 Å². The van der Waals surface area contributed by atoms with Crippen LogP contribution in [0.3, 0.4) is 0 Å². The molecule has 0 unspecified atom stereocenters. The average molecular weight is 150 g/mol. The van der Waals surface area contributed by atoms with E-state index in [1.807, 2.05) is 0 Å². The summed E-state index contributed by atoms with van der Waals surface area (Å²) in [6.07, 6.45) is 15.1. The summed E-state index contributed by atoms with van der Waals surface area (Å²) in [5.74, 6) is 2.02. The molecule has 0 amide bonds. The molecule has 0 N–H and O–H groups in total. The molecule has 1 fully saturated rings. The summed E-state index contributed by atoms with van der Waals surface area (Å²) in [6, 6.07) is 0. The smallest absolute Gasteiger partial charge is 0.0205 e. The van der Waals surface area contributed by atoms with E-state index in [4.69, 9.17) is 0 Å². The van der Waals surface area contributed by atoms with Crippen LogP contribution in [0.15, 0.2) is 12.2 Å². The second-order valence-electron chi connectivity index (χ2n) is 4.07. The maximum Gasteiger partial charge on any atom is -0.0205 e. The standard InChI is InChI=1S/C11H18/c1-2-6-10-8-4-5-9-11(10)7-3-1/h4,8,10-11H,1-3,5-7,9H2/t10-,11+/m1/s1. The normalized spacial score (nSPS) is 37.8. The second kappa shape index (κ2) is 3.42. The van der Waals surface area contributed by atoms with E-state index in [-0.39, 0.29) is 0 Å². The molecule has 0 bridgehead atoms. The van der Waals surface area contributed by atoms with Crippen molar-refractivity contribution in [3.8, 4) is 0 Å². The van der Waals surface area contributed by atoms with Gasteiger partial charge in [0.15, 0.2) is 0 Å². The molecule has 0 aromatic heterocycles. The Bertz CT molecular complexity index is 146. The molecule has 2 aliphatic rings. The molecule has 1 saturated carbocycles. The van der Waals surface area contributed by atoms with Crippen molar-refractivity contribution in [2.45, 2.75) is 44.9 Å². The highest BCUT2D eigenvalue weighted by Gasteiger charge is 2.22. The summed E-state index contributed by atoms with van der Waals surface area (Å²) in [7, 11) is 0. The van der Waals surface area contributed by atoms with Crippen LogP contribution in [0.1, 0.15) is 44.9 Å². The Hall–Kier alpha value is -0.260. The number of hydrogen-bond donors (Lipinski definition) is 0. The Kier molecular flexibility index (Phi) is 2.30. The lowest BCUT2D eigenvalue weighted by atomic mass is 9.81. The van der Waals surface area contributed by atoms with Crippen molar-refractivity contribution in [2.24, 2.45) is 11.8 Å². The summed E-state index contributed by atoms with van der Waals surface area (Å²) in [4.78, 5) is 0. The number of rotatable bonds is 0. The zero-order chi connectivity index (χ0) is 7.52. The minimum Gasteiger partial charge on any atom is -0.0882 e. The zero-order valence-corrected chi connectivity index (χ0v) is 7.26. The topological polar surface area (TPSA) is 0 Å². The minimum absolute atomic E-state index is 0.964. The van der Waals surface area contributed by atoms with Crippen LogP contribution in [0.25, 0.3) is 0 Å². The molecule has 2 atom stereocenters. The van der Waals surface area contributed by atoms with Crippen molar-refractivity contribution < 1.29 is 0 Å². The van der Waals surface area contributed by atoms with E-state index in [2.05, 4.69) is 12.2 Å². The molecule has 0 aromatic rings. The third kappa shape index (κ3) is 1.66. The lowest BCUT2D eigenvalue weighted by molar-refractivity contribution is 0.337. The molecule has 0 aromatic carbocycles. The zero-order valence-electron chi connectivity index (χ0n) is 7.26. The number of fused-ring (bicyclic) bond motifs is 1. The van der Waals surface area contributed by atoms with Gasteiger partial charge >= 0.3 is 0 Å². The van der Waals surface area contributed by atoms with E-state index >= 15 is 0 Å². The van der Waals surface area contributed by atoms with E-state index < -0.39 is 0 Å². The molecular formula is C11H18. The third-order valence-electron chi connectivity index (χ3n) is 3.31. The van der Waals surface area contributed by atoms with Gasteiger partial charge in [0.2, 0.25) is 0 Å². The van der Waals surface area contributed by atoms with E-state index in [0.717, 1.165) is 11.8 Å². The molecule has 0 spiro atoms. The molecule has 0 saturated heterocycles. The van der Waals surface area contributed by atoms with Crippen LogP contribution in [-0.4, -0.2) is 0 Å². The first-order chi connectivity index (χ1) is 5.47. The van der Waals surface area contributed by atoms with E-state index in [0.29, 0.717) is 0 Å². The third-order valence-corrected chi connectivity index (χ3v) is 3.31. The fraction of sp³-hybridized carbons (Fsp3) is 0.818. The largest absolute Gasteiger partial charge is 0.0882 e. The van der Waals surface area contributed by atoms with Crippen molar-refractivity contribution in [1.29, 1.82) is 0 Å². The van der Waals surface area contributed by atoms with Crippen LogP contribution in [0, 0.1) is 11.8 Å². The summed E-state index contributed by atoms with van der Waals surface area (Å²) in [6.45, 7) is 0. The summed E-state index contributed by atoms with van der Waals surface area (Å²) >= 11 is 0. The summed E-state index contributed by atoms with van der Waals surface area (Å²) in [5.41, 5.74) is 0. The maximum atomic E-state index is 2.49. The maximum absolute atomic E-state index is 2.49. The lowest BCUT2D eigenvalue weighted by Gasteiger charge is -2.25. The van der Waals surface area contributed by atoms with Crippen molar-refractivity contribution in [2.75, 3.05) is 0 Å². The van der Waals surface area contributed by atoms with Gasteiger partial charge in [-0.1, -0.05) is 31.4 Å². The minimum atomic E-state index is 0.964. The van der Waals surface area contributed by atoms with E-state index in [1.165, 1.54) is 44.9 Å². The Morgan fingerprint density at radius 2 is 1.82 bits per heavy atom. The molecule has 0 aliphatic heterocycles. The van der Waals surface area contributed by atoms with Crippen LogP contribution in [0.5, 0.6) is 0 Å². The first-order valence-electron chi connectivity index (χ1n) is 5.13. The van der Waals surface area contributed by atoms with Crippen molar-refractivity contribution in [3.05, 3.63) is 12.2 Å². The fourth-order valence-electron chi connectivity index (χ4n) is 2.61. The van der Waals surface area contributed by atoms with Gasteiger partial charge in [0.05, 0.1) is 0 Å². The molecule has 62 valence electrons. The first kappa shape index (κ1) is 7.39. The molecular weight excluding hydrogens is 132 g/mol. The van der Waals surface area contributed by atoms with Crippen LogP contribution in [-0.2, 0) is 0 Å². The van der Waals surface area contributed by atoms with Gasteiger partial charge in [0.25, 0.3) is 0 Å². The molecule has 11 heavy (non-hydrogen) atoms.